The maximum Gasteiger partial charge on any atom is -0.00134 e. The lowest BCUT2D eigenvalue weighted by Gasteiger charge is -2.41. The molecule has 0 radical (unpaired) electrons. The third-order valence-corrected chi connectivity index (χ3v) is 5.78. The molecule has 1 unspecified atom stereocenters. The van der Waals surface area contributed by atoms with Crippen molar-refractivity contribution in [3.63, 3.8) is 0 Å². The van der Waals surface area contributed by atoms with Gasteiger partial charge in [0.05, 0.1) is 0 Å². The zero-order chi connectivity index (χ0) is 14.8. The molecule has 1 fully saturated rings. The summed E-state index contributed by atoms with van der Waals surface area (Å²) in [5.41, 5.74) is 6.39. The number of rotatable bonds is 10. The fraction of sp³-hybridized carbons (Fsp3) is 1.00. The Bertz CT molecular complexity index is 220. The normalized spacial score (nSPS) is 21.0. The first-order valence-electron chi connectivity index (χ1n) is 9.12. The smallest absolute Gasteiger partial charge is 0.00134 e. The van der Waals surface area contributed by atoms with E-state index in [1.807, 2.05) is 0 Å². The maximum absolute atomic E-state index is 5.72. The molecule has 1 atom stereocenters. The van der Waals surface area contributed by atoms with Crippen molar-refractivity contribution in [1.82, 2.24) is 4.90 Å². The van der Waals surface area contributed by atoms with Gasteiger partial charge in [0.2, 0.25) is 0 Å². The summed E-state index contributed by atoms with van der Waals surface area (Å²) >= 11 is 0. The van der Waals surface area contributed by atoms with Crippen molar-refractivity contribution in [3.8, 4) is 0 Å². The van der Waals surface area contributed by atoms with E-state index < -0.39 is 0 Å². The van der Waals surface area contributed by atoms with E-state index in [2.05, 4.69) is 25.7 Å². The van der Waals surface area contributed by atoms with Gasteiger partial charge in [-0.05, 0) is 69.6 Å². The van der Waals surface area contributed by atoms with Crippen LogP contribution in [0, 0.1) is 11.3 Å². The first-order valence-corrected chi connectivity index (χ1v) is 9.12. The van der Waals surface area contributed by atoms with Crippen molar-refractivity contribution in [2.24, 2.45) is 17.1 Å². The van der Waals surface area contributed by atoms with Crippen molar-refractivity contribution in [3.05, 3.63) is 0 Å². The molecule has 0 aromatic rings. The minimum atomic E-state index is 0.667. The summed E-state index contributed by atoms with van der Waals surface area (Å²) in [5.74, 6) is 0.875. The van der Waals surface area contributed by atoms with E-state index in [-0.39, 0.29) is 0 Å². The van der Waals surface area contributed by atoms with Crippen molar-refractivity contribution in [2.75, 3.05) is 26.2 Å². The van der Waals surface area contributed by atoms with Crippen LogP contribution in [0.1, 0.15) is 78.6 Å². The lowest BCUT2D eigenvalue weighted by Crippen LogP contribution is -2.40. The second-order valence-electron chi connectivity index (χ2n) is 6.92. The van der Waals surface area contributed by atoms with Gasteiger partial charge in [-0.2, -0.15) is 0 Å². The Labute approximate surface area is 127 Å². The number of hydrogen-bond donors (Lipinski definition) is 1. The van der Waals surface area contributed by atoms with E-state index in [9.17, 15) is 0 Å². The van der Waals surface area contributed by atoms with Crippen LogP contribution in [0.15, 0.2) is 0 Å². The summed E-state index contributed by atoms with van der Waals surface area (Å²) in [7, 11) is 0. The number of likely N-dealkylation sites (tertiary alicyclic amines) is 1. The summed E-state index contributed by atoms with van der Waals surface area (Å²) < 4.78 is 0. The van der Waals surface area contributed by atoms with Gasteiger partial charge in [-0.15, -0.1) is 0 Å². The van der Waals surface area contributed by atoms with E-state index in [4.69, 9.17) is 5.73 Å². The number of nitrogens with two attached hydrogens (primary N) is 1. The summed E-state index contributed by atoms with van der Waals surface area (Å²) in [4.78, 5) is 2.70. The molecule has 120 valence electrons. The first-order chi connectivity index (χ1) is 9.69. The van der Waals surface area contributed by atoms with Gasteiger partial charge in [0, 0.05) is 0 Å². The van der Waals surface area contributed by atoms with E-state index in [0.29, 0.717) is 5.41 Å². The molecule has 0 saturated carbocycles. The summed E-state index contributed by atoms with van der Waals surface area (Å²) in [5, 5.41) is 0. The molecule has 0 spiro atoms. The van der Waals surface area contributed by atoms with Gasteiger partial charge < -0.3 is 10.6 Å². The van der Waals surface area contributed by atoms with Gasteiger partial charge in [0.25, 0.3) is 0 Å². The van der Waals surface area contributed by atoms with Crippen molar-refractivity contribution in [2.45, 2.75) is 78.6 Å². The lowest BCUT2D eigenvalue weighted by molar-refractivity contribution is 0.0932. The van der Waals surface area contributed by atoms with Crippen LogP contribution < -0.4 is 5.73 Å². The predicted octanol–water partition coefficient (Wildman–Crippen LogP) is 4.43. The molecule has 0 aromatic heterocycles. The minimum Gasteiger partial charge on any atom is -0.330 e. The Balaban J connectivity index is 2.20. The fourth-order valence-corrected chi connectivity index (χ4v) is 3.89. The molecule has 1 aliphatic heterocycles. The van der Waals surface area contributed by atoms with Crippen molar-refractivity contribution >= 4 is 0 Å². The number of piperidine rings is 1. The van der Waals surface area contributed by atoms with Gasteiger partial charge in [-0.3, -0.25) is 0 Å². The Morgan fingerprint density at radius 2 is 1.65 bits per heavy atom. The standard InChI is InChI=1S/C18H38N2/c1-4-8-17(10-13-19)9-7-14-20-15-11-18(5-2,6-3)12-16-20/h17H,4-16,19H2,1-3H3. The fourth-order valence-electron chi connectivity index (χ4n) is 3.89. The third kappa shape index (κ3) is 5.73. The molecule has 1 heterocycles. The SMILES string of the molecule is CCCC(CCN)CCCN1CCC(CC)(CC)CC1. The lowest BCUT2D eigenvalue weighted by atomic mass is 9.74. The quantitative estimate of drug-likeness (QED) is 0.642. The molecule has 1 rings (SSSR count). The van der Waals surface area contributed by atoms with Crippen LogP contribution in [0.25, 0.3) is 0 Å². The highest BCUT2D eigenvalue weighted by Crippen LogP contribution is 2.37. The number of hydrogen-bond acceptors (Lipinski definition) is 2. The van der Waals surface area contributed by atoms with E-state index in [0.717, 1.165) is 12.5 Å². The molecule has 0 aliphatic carbocycles. The van der Waals surface area contributed by atoms with Gasteiger partial charge in [-0.1, -0.05) is 46.5 Å². The highest BCUT2D eigenvalue weighted by atomic mass is 15.1. The summed E-state index contributed by atoms with van der Waals surface area (Å²) in [6.07, 6.45) is 12.2. The Kier molecular flexibility index (Phi) is 8.79. The minimum absolute atomic E-state index is 0.667. The highest BCUT2D eigenvalue weighted by Gasteiger charge is 2.30. The predicted molar refractivity (Wildman–Crippen MR) is 90.0 cm³/mol. The van der Waals surface area contributed by atoms with E-state index >= 15 is 0 Å². The zero-order valence-electron chi connectivity index (χ0n) is 14.3. The second-order valence-corrected chi connectivity index (χ2v) is 6.92. The average molecular weight is 283 g/mol. The van der Waals surface area contributed by atoms with Crippen molar-refractivity contribution < 1.29 is 0 Å². The average Bonchev–Trinajstić information content (AvgIpc) is 2.49. The van der Waals surface area contributed by atoms with Crippen LogP contribution >= 0.6 is 0 Å². The topological polar surface area (TPSA) is 29.3 Å². The van der Waals surface area contributed by atoms with Gasteiger partial charge in [-0.25, -0.2) is 0 Å². The van der Waals surface area contributed by atoms with Crippen LogP contribution in [0.4, 0.5) is 0 Å². The molecule has 2 heteroatoms. The second kappa shape index (κ2) is 9.78. The monoisotopic (exact) mass is 282 g/mol. The number of nitrogens with zero attached hydrogens (tertiary/aromatic N) is 1. The zero-order valence-corrected chi connectivity index (χ0v) is 14.3. The molecular formula is C18H38N2. The largest absolute Gasteiger partial charge is 0.330 e. The van der Waals surface area contributed by atoms with Gasteiger partial charge >= 0.3 is 0 Å². The summed E-state index contributed by atoms with van der Waals surface area (Å²) in [6, 6.07) is 0. The van der Waals surface area contributed by atoms with Crippen LogP contribution in [-0.2, 0) is 0 Å². The first kappa shape index (κ1) is 18.0. The van der Waals surface area contributed by atoms with Crippen LogP contribution in [0.2, 0.25) is 0 Å². The molecule has 20 heavy (non-hydrogen) atoms. The third-order valence-electron chi connectivity index (χ3n) is 5.78. The van der Waals surface area contributed by atoms with E-state index in [1.54, 1.807) is 0 Å². The van der Waals surface area contributed by atoms with Crippen molar-refractivity contribution in [1.29, 1.82) is 0 Å². The molecule has 1 aliphatic rings. The molecular weight excluding hydrogens is 244 g/mol. The maximum atomic E-state index is 5.72. The molecule has 2 N–H and O–H groups in total. The molecule has 2 nitrogen and oxygen atoms in total. The highest BCUT2D eigenvalue weighted by molar-refractivity contribution is 4.84. The Hall–Kier alpha value is -0.0800. The van der Waals surface area contributed by atoms with Gasteiger partial charge in [0.1, 0.15) is 0 Å². The van der Waals surface area contributed by atoms with Gasteiger partial charge in [0.15, 0.2) is 0 Å². The molecule has 0 aromatic carbocycles. The van der Waals surface area contributed by atoms with E-state index in [1.165, 1.54) is 77.4 Å². The molecule has 1 saturated heterocycles. The Morgan fingerprint density at radius 3 is 2.15 bits per heavy atom. The molecule has 0 bridgehead atoms. The van der Waals surface area contributed by atoms with Crippen LogP contribution in [0.5, 0.6) is 0 Å². The van der Waals surface area contributed by atoms with Crippen LogP contribution in [0.3, 0.4) is 0 Å². The molecule has 0 amide bonds. The summed E-state index contributed by atoms with van der Waals surface area (Å²) in [6.45, 7) is 11.9. The van der Waals surface area contributed by atoms with Crippen LogP contribution in [-0.4, -0.2) is 31.1 Å². The Morgan fingerprint density at radius 1 is 1.00 bits per heavy atom.